The minimum atomic E-state index is 0.131. The van der Waals surface area contributed by atoms with Crippen molar-refractivity contribution in [3.8, 4) is 0 Å². The highest BCUT2D eigenvalue weighted by Gasteiger charge is 2.08. The SMILES string of the molecule is CCc1sc(=O)n(CCOC)c1C. The number of hydrogen-bond acceptors (Lipinski definition) is 3. The van der Waals surface area contributed by atoms with Crippen LogP contribution in [0.4, 0.5) is 0 Å². The highest BCUT2D eigenvalue weighted by Crippen LogP contribution is 2.11. The van der Waals surface area contributed by atoms with Crippen molar-refractivity contribution in [3.63, 3.8) is 0 Å². The number of aromatic nitrogens is 1. The first kappa shape index (κ1) is 10.5. The van der Waals surface area contributed by atoms with Crippen molar-refractivity contribution in [2.75, 3.05) is 13.7 Å². The molecule has 74 valence electrons. The topological polar surface area (TPSA) is 31.2 Å². The predicted octanol–water partition coefficient (Wildman–Crippen LogP) is 1.43. The third kappa shape index (κ3) is 2.19. The van der Waals surface area contributed by atoms with Gasteiger partial charge in [0, 0.05) is 17.7 Å². The Labute approximate surface area is 82.0 Å². The van der Waals surface area contributed by atoms with Crippen LogP contribution in [0.3, 0.4) is 0 Å². The van der Waals surface area contributed by atoms with E-state index in [2.05, 4.69) is 6.92 Å². The van der Waals surface area contributed by atoms with Crippen LogP contribution < -0.4 is 4.87 Å². The summed E-state index contributed by atoms with van der Waals surface area (Å²) >= 11 is 1.34. The molecule has 0 aliphatic carbocycles. The highest BCUT2D eigenvalue weighted by molar-refractivity contribution is 7.09. The molecule has 3 nitrogen and oxygen atoms in total. The zero-order valence-corrected chi connectivity index (χ0v) is 9.11. The van der Waals surface area contributed by atoms with Crippen molar-refractivity contribution < 1.29 is 4.74 Å². The molecule has 0 radical (unpaired) electrons. The third-order valence-electron chi connectivity index (χ3n) is 2.08. The highest BCUT2D eigenvalue weighted by atomic mass is 32.1. The summed E-state index contributed by atoms with van der Waals surface area (Å²) in [7, 11) is 1.65. The maximum atomic E-state index is 11.5. The molecule has 0 atom stereocenters. The van der Waals surface area contributed by atoms with Gasteiger partial charge >= 0.3 is 4.87 Å². The molecule has 0 fully saturated rings. The van der Waals surface area contributed by atoms with Gasteiger partial charge in [0.05, 0.1) is 13.2 Å². The van der Waals surface area contributed by atoms with E-state index >= 15 is 0 Å². The molecule has 4 heteroatoms. The Morgan fingerprint density at radius 2 is 2.23 bits per heavy atom. The Morgan fingerprint density at radius 3 is 2.69 bits per heavy atom. The van der Waals surface area contributed by atoms with E-state index in [0.29, 0.717) is 13.2 Å². The molecule has 1 aromatic rings. The molecule has 1 rings (SSSR count). The lowest BCUT2D eigenvalue weighted by atomic mass is 10.3. The summed E-state index contributed by atoms with van der Waals surface area (Å²) in [6.07, 6.45) is 0.936. The van der Waals surface area contributed by atoms with Gasteiger partial charge in [-0.2, -0.15) is 0 Å². The van der Waals surface area contributed by atoms with Crippen LogP contribution in [0.1, 0.15) is 17.5 Å². The normalized spacial score (nSPS) is 10.7. The van der Waals surface area contributed by atoms with Crippen LogP contribution in [0.15, 0.2) is 4.79 Å². The fourth-order valence-electron chi connectivity index (χ4n) is 1.29. The van der Waals surface area contributed by atoms with Crippen molar-refractivity contribution >= 4 is 11.3 Å². The third-order valence-corrected chi connectivity index (χ3v) is 3.30. The monoisotopic (exact) mass is 201 g/mol. The average molecular weight is 201 g/mol. The molecule has 0 amide bonds. The Bertz CT molecular complexity index is 327. The van der Waals surface area contributed by atoms with Gasteiger partial charge in [-0.1, -0.05) is 18.3 Å². The minimum absolute atomic E-state index is 0.131. The van der Waals surface area contributed by atoms with Crippen LogP contribution in [0, 0.1) is 6.92 Å². The number of methoxy groups -OCH3 is 1. The fraction of sp³-hybridized carbons (Fsp3) is 0.667. The minimum Gasteiger partial charge on any atom is -0.383 e. The summed E-state index contributed by atoms with van der Waals surface area (Å²) in [6, 6.07) is 0. The van der Waals surface area contributed by atoms with Gasteiger partial charge in [-0.15, -0.1) is 0 Å². The first-order valence-corrected chi connectivity index (χ1v) is 5.20. The van der Waals surface area contributed by atoms with Gasteiger partial charge in [-0.25, -0.2) is 0 Å². The Balaban J connectivity index is 2.92. The smallest absolute Gasteiger partial charge is 0.307 e. The molecule has 0 aromatic carbocycles. The van der Waals surface area contributed by atoms with Gasteiger partial charge in [-0.3, -0.25) is 4.79 Å². The summed E-state index contributed by atoms with van der Waals surface area (Å²) in [6.45, 7) is 5.32. The van der Waals surface area contributed by atoms with Crippen LogP contribution in [-0.2, 0) is 17.7 Å². The molecule has 0 saturated heterocycles. The fourth-order valence-corrected chi connectivity index (χ4v) is 2.24. The maximum Gasteiger partial charge on any atom is 0.307 e. The number of ether oxygens (including phenoxy) is 1. The maximum absolute atomic E-state index is 11.5. The molecule has 0 saturated carbocycles. The van der Waals surface area contributed by atoms with Gasteiger partial charge in [0.15, 0.2) is 0 Å². The lowest BCUT2D eigenvalue weighted by Crippen LogP contribution is -2.17. The predicted molar refractivity (Wildman–Crippen MR) is 54.6 cm³/mol. The van der Waals surface area contributed by atoms with Crippen LogP contribution in [0.2, 0.25) is 0 Å². The average Bonchev–Trinajstić information content (AvgIpc) is 2.39. The van der Waals surface area contributed by atoms with Gasteiger partial charge in [0.25, 0.3) is 0 Å². The molecule has 0 spiro atoms. The van der Waals surface area contributed by atoms with Crippen molar-refractivity contribution in [3.05, 3.63) is 20.2 Å². The van der Waals surface area contributed by atoms with Gasteiger partial charge < -0.3 is 9.30 Å². The summed E-state index contributed by atoms with van der Waals surface area (Å²) in [5.74, 6) is 0. The zero-order valence-electron chi connectivity index (χ0n) is 8.29. The summed E-state index contributed by atoms with van der Waals surface area (Å²) in [4.78, 5) is 12.8. The molecule has 13 heavy (non-hydrogen) atoms. The van der Waals surface area contributed by atoms with Crippen molar-refractivity contribution in [1.29, 1.82) is 0 Å². The van der Waals surface area contributed by atoms with Gasteiger partial charge in [0.1, 0.15) is 0 Å². The molecule has 1 aromatic heterocycles. The first-order chi connectivity index (χ1) is 6.20. The standard InChI is InChI=1S/C9H15NO2S/c1-4-8-7(2)10(5-6-12-3)9(11)13-8/h4-6H2,1-3H3. The van der Waals surface area contributed by atoms with E-state index in [9.17, 15) is 4.79 Å². The van der Waals surface area contributed by atoms with E-state index in [1.807, 2.05) is 6.92 Å². The Hall–Kier alpha value is -0.610. The summed E-state index contributed by atoms with van der Waals surface area (Å²) in [5.41, 5.74) is 1.09. The second-order valence-electron chi connectivity index (χ2n) is 2.87. The van der Waals surface area contributed by atoms with Crippen molar-refractivity contribution in [2.45, 2.75) is 26.8 Å². The largest absolute Gasteiger partial charge is 0.383 e. The van der Waals surface area contributed by atoms with E-state index in [0.717, 1.165) is 12.1 Å². The lowest BCUT2D eigenvalue weighted by molar-refractivity contribution is 0.186. The number of thiazole rings is 1. The molecule has 0 aliphatic heterocycles. The molecule has 1 heterocycles. The second kappa shape index (κ2) is 4.58. The number of hydrogen-bond donors (Lipinski definition) is 0. The molecule has 0 aliphatic rings. The van der Waals surface area contributed by atoms with E-state index in [4.69, 9.17) is 4.74 Å². The summed E-state index contributed by atoms with van der Waals surface area (Å²) in [5, 5.41) is 0. The van der Waals surface area contributed by atoms with Gasteiger partial charge in [0.2, 0.25) is 0 Å². The first-order valence-electron chi connectivity index (χ1n) is 4.38. The molecule has 0 unspecified atom stereocenters. The van der Waals surface area contributed by atoms with E-state index < -0.39 is 0 Å². The Morgan fingerprint density at radius 1 is 1.54 bits per heavy atom. The van der Waals surface area contributed by atoms with E-state index in [1.165, 1.54) is 16.2 Å². The lowest BCUT2D eigenvalue weighted by Gasteiger charge is -2.03. The second-order valence-corrected chi connectivity index (χ2v) is 3.92. The van der Waals surface area contributed by atoms with Crippen LogP contribution in [0.5, 0.6) is 0 Å². The summed E-state index contributed by atoms with van der Waals surface area (Å²) < 4.78 is 6.73. The van der Waals surface area contributed by atoms with Crippen LogP contribution in [-0.4, -0.2) is 18.3 Å². The van der Waals surface area contributed by atoms with Crippen LogP contribution in [0.25, 0.3) is 0 Å². The molecule has 0 bridgehead atoms. The van der Waals surface area contributed by atoms with Crippen molar-refractivity contribution in [1.82, 2.24) is 4.57 Å². The molecular weight excluding hydrogens is 186 g/mol. The number of aryl methyl sites for hydroxylation is 1. The number of nitrogens with zero attached hydrogens (tertiary/aromatic N) is 1. The van der Waals surface area contributed by atoms with E-state index in [-0.39, 0.29) is 4.87 Å². The van der Waals surface area contributed by atoms with Gasteiger partial charge in [-0.05, 0) is 13.3 Å². The van der Waals surface area contributed by atoms with Crippen LogP contribution >= 0.6 is 11.3 Å². The van der Waals surface area contributed by atoms with Crippen molar-refractivity contribution in [2.24, 2.45) is 0 Å². The molecular formula is C9H15NO2S. The number of rotatable bonds is 4. The zero-order chi connectivity index (χ0) is 9.84. The van der Waals surface area contributed by atoms with E-state index in [1.54, 1.807) is 11.7 Å². The Kier molecular flexibility index (Phi) is 3.69. The molecule has 0 N–H and O–H groups in total. The quantitative estimate of drug-likeness (QED) is 0.738.